The average Bonchev–Trinajstić information content (AvgIpc) is 3.10. The van der Waals surface area contributed by atoms with E-state index in [1.807, 2.05) is 42.5 Å². The summed E-state index contributed by atoms with van der Waals surface area (Å²) in [6, 6.07) is 21.3. The highest BCUT2D eigenvalue weighted by molar-refractivity contribution is 6.15. The molecule has 3 aromatic rings. The molecule has 1 N–H and O–H groups in total. The summed E-state index contributed by atoms with van der Waals surface area (Å²) in [5.41, 5.74) is 3.56. The smallest absolute Gasteiger partial charge is 0.270 e. The molecule has 33 heavy (non-hydrogen) atoms. The van der Waals surface area contributed by atoms with Gasteiger partial charge in [-0.3, -0.25) is 4.79 Å². The van der Waals surface area contributed by atoms with Crippen LogP contribution in [0.15, 0.2) is 77.9 Å². The number of anilines is 2. The quantitative estimate of drug-likeness (QED) is 0.487. The van der Waals surface area contributed by atoms with Crippen LogP contribution >= 0.6 is 0 Å². The van der Waals surface area contributed by atoms with Gasteiger partial charge in [-0.05, 0) is 42.8 Å². The molecule has 170 valence electrons. The first kappa shape index (κ1) is 22.5. The summed E-state index contributed by atoms with van der Waals surface area (Å²) in [4.78, 5) is 13.2. The monoisotopic (exact) mass is 449 g/mol. The van der Waals surface area contributed by atoms with Crippen LogP contribution in [0, 0.1) is 5.92 Å². The van der Waals surface area contributed by atoms with Gasteiger partial charge >= 0.3 is 0 Å². The Bertz CT molecular complexity index is 1190. The van der Waals surface area contributed by atoms with E-state index < -0.39 is 11.8 Å². The third-order valence-electron chi connectivity index (χ3n) is 5.66. The van der Waals surface area contributed by atoms with E-state index in [-0.39, 0.29) is 18.0 Å². The van der Waals surface area contributed by atoms with Gasteiger partial charge in [0.1, 0.15) is 5.75 Å². The topological polar surface area (TPSA) is 53.9 Å². The Labute approximate surface area is 191 Å². The lowest BCUT2D eigenvalue weighted by molar-refractivity contribution is -0.119. The number of nitrogens with one attached hydrogen (secondary N) is 1. The van der Waals surface area contributed by atoms with Crippen molar-refractivity contribution in [1.29, 1.82) is 0 Å². The number of halogens is 2. The number of carbonyl (C=O) groups excluding carboxylic acids is 1. The van der Waals surface area contributed by atoms with E-state index in [1.54, 1.807) is 32.2 Å². The van der Waals surface area contributed by atoms with Crippen LogP contribution in [0.5, 0.6) is 5.75 Å². The van der Waals surface area contributed by atoms with E-state index in [1.165, 1.54) is 17.1 Å². The van der Waals surface area contributed by atoms with Crippen molar-refractivity contribution in [3.8, 4) is 16.9 Å². The van der Waals surface area contributed by atoms with Crippen LogP contribution in [-0.4, -0.2) is 25.3 Å². The SMILES string of the molecule is COc1ccc(N2N=C(C)C(CNc3cccc(C(C)(F)F)c3)C2=O)cc1-c1ccccc1. The third kappa shape index (κ3) is 4.72. The highest BCUT2D eigenvalue weighted by atomic mass is 19.3. The second kappa shape index (κ2) is 9.02. The molecular weight excluding hydrogens is 424 g/mol. The molecule has 0 radical (unpaired) electrons. The number of benzene rings is 3. The highest BCUT2D eigenvalue weighted by Crippen LogP contribution is 2.35. The molecule has 1 amide bonds. The van der Waals surface area contributed by atoms with Crippen molar-refractivity contribution >= 4 is 23.0 Å². The van der Waals surface area contributed by atoms with Crippen LogP contribution < -0.4 is 15.1 Å². The predicted octanol–water partition coefficient (Wildman–Crippen LogP) is 5.92. The van der Waals surface area contributed by atoms with Crippen molar-refractivity contribution in [1.82, 2.24) is 0 Å². The summed E-state index contributed by atoms with van der Waals surface area (Å²) >= 11 is 0. The first-order valence-electron chi connectivity index (χ1n) is 10.6. The van der Waals surface area contributed by atoms with E-state index in [9.17, 15) is 13.6 Å². The lowest BCUT2D eigenvalue weighted by Crippen LogP contribution is -2.31. The number of hydrazone groups is 1. The van der Waals surface area contributed by atoms with Crippen molar-refractivity contribution in [3.63, 3.8) is 0 Å². The van der Waals surface area contributed by atoms with Crippen LogP contribution in [0.3, 0.4) is 0 Å². The Morgan fingerprint density at radius 2 is 1.82 bits per heavy atom. The van der Waals surface area contributed by atoms with Gasteiger partial charge in [0.2, 0.25) is 0 Å². The van der Waals surface area contributed by atoms with Crippen molar-refractivity contribution in [2.75, 3.05) is 24.0 Å². The van der Waals surface area contributed by atoms with Gasteiger partial charge < -0.3 is 10.1 Å². The molecule has 1 atom stereocenters. The standard InChI is InChI=1S/C26H25F2N3O2/c1-17-23(16-29-20-11-7-10-19(14-20)26(2,27)28)25(32)31(30-17)21-12-13-24(33-3)22(15-21)18-8-5-4-6-9-18/h4-15,23,29H,16H2,1-3H3. The maximum absolute atomic E-state index is 13.6. The Morgan fingerprint density at radius 1 is 1.06 bits per heavy atom. The van der Waals surface area contributed by atoms with Gasteiger partial charge in [0.15, 0.2) is 0 Å². The number of amides is 1. The molecule has 4 rings (SSSR count). The Balaban J connectivity index is 1.54. The molecule has 1 unspecified atom stereocenters. The van der Waals surface area contributed by atoms with Gasteiger partial charge in [0.25, 0.3) is 11.8 Å². The van der Waals surface area contributed by atoms with Gasteiger partial charge in [0, 0.05) is 30.3 Å². The molecule has 0 bridgehead atoms. The van der Waals surface area contributed by atoms with Gasteiger partial charge in [-0.15, -0.1) is 0 Å². The van der Waals surface area contributed by atoms with Crippen molar-refractivity contribution in [2.24, 2.45) is 11.0 Å². The number of nitrogens with zero attached hydrogens (tertiary/aromatic N) is 2. The van der Waals surface area contributed by atoms with Crippen LogP contribution in [0.25, 0.3) is 11.1 Å². The fourth-order valence-electron chi connectivity index (χ4n) is 3.82. The number of hydrogen-bond donors (Lipinski definition) is 1. The minimum Gasteiger partial charge on any atom is -0.496 e. The minimum atomic E-state index is -2.93. The summed E-state index contributed by atoms with van der Waals surface area (Å²) in [6.07, 6.45) is 0. The van der Waals surface area contributed by atoms with Crippen LogP contribution in [-0.2, 0) is 10.7 Å². The van der Waals surface area contributed by atoms with Gasteiger partial charge in [-0.1, -0.05) is 42.5 Å². The van der Waals surface area contributed by atoms with Gasteiger partial charge in [0.05, 0.1) is 24.4 Å². The molecule has 0 aliphatic carbocycles. The average molecular weight is 450 g/mol. The number of ether oxygens (including phenoxy) is 1. The summed E-state index contributed by atoms with van der Waals surface area (Å²) < 4.78 is 32.8. The summed E-state index contributed by atoms with van der Waals surface area (Å²) in [5.74, 6) is -2.91. The molecule has 0 fully saturated rings. The Hall–Kier alpha value is -3.74. The van der Waals surface area contributed by atoms with Crippen LogP contribution in [0.4, 0.5) is 20.2 Å². The lowest BCUT2D eigenvalue weighted by atomic mass is 10.0. The zero-order valence-corrected chi connectivity index (χ0v) is 18.7. The van der Waals surface area contributed by atoms with Gasteiger partial charge in [-0.25, -0.2) is 13.8 Å². The van der Waals surface area contributed by atoms with E-state index in [4.69, 9.17) is 4.74 Å². The molecule has 7 heteroatoms. The zero-order valence-electron chi connectivity index (χ0n) is 18.7. The molecule has 0 saturated heterocycles. The molecule has 0 spiro atoms. The van der Waals surface area contributed by atoms with E-state index in [2.05, 4.69) is 10.4 Å². The van der Waals surface area contributed by atoms with Crippen molar-refractivity contribution < 1.29 is 18.3 Å². The van der Waals surface area contributed by atoms with Gasteiger partial charge in [-0.2, -0.15) is 5.10 Å². The first-order valence-corrected chi connectivity index (χ1v) is 10.6. The number of carbonyl (C=O) groups is 1. The second-order valence-corrected chi connectivity index (χ2v) is 8.04. The summed E-state index contributed by atoms with van der Waals surface area (Å²) in [5, 5.41) is 8.98. The molecule has 5 nitrogen and oxygen atoms in total. The second-order valence-electron chi connectivity index (χ2n) is 8.04. The summed E-state index contributed by atoms with van der Waals surface area (Å²) in [7, 11) is 1.61. The van der Waals surface area contributed by atoms with Crippen molar-refractivity contribution in [2.45, 2.75) is 19.8 Å². The van der Waals surface area contributed by atoms with Crippen LogP contribution in [0.2, 0.25) is 0 Å². The molecule has 0 saturated carbocycles. The highest BCUT2D eigenvalue weighted by Gasteiger charge is 2.34. The number of rotatable bonds is 7. The fraction of sp³-hybridized carbons (Fsp3) is 0.231. The zero-order chi connectivity index (χ0) is 23.6. The molecule has 1 aliphatic heterocycles. The predicted molar refractivity (Wildman–Crippen MR) is 127 cm³/mol. The number of methoxy groups -OCH3 is 1. The maximum Gasteiger partial charge on any atom is 0.270 e. The molecule has 1 heterocycles. The Morgan fingerprint density at radius 3 is 2.52 bits per heavy atom. The van der Waals surface area contributed by atoms with E-state index in [0.29, 0.717) is 22.8 Å². The summed E-state index contributed by atoms with van der Waals surface area (Å²) in [6.45, 7) is 2.91. The van der Waals surface area contributed by atoms with E-state index >= 15 is 0 Å². The molecule has 3 aromatic carbocycles. The lowest BCUT2D eigenvalue weighted by Gasteiger charge is -2.18. The minimum absolute atomic E-state index is 0.0797. The number of alkyl halides is 2. The number of hydrogen-bond acceptors (Lipinski definition) is 4. The molecule has 1 aliphatic rings. The van der Waals surface area contributed by atoms with Crippen LogP contribution in [0.1, 0.15) is 19.4 Å². The first-order chi connectivity index (χ1) is 15.8. The molecule has 0 aromatic heterocycles. The van der Waals surface area contributed by atoms with Crippen molar-refractivity contribution in [3.05, 3.63) is 78.4 Å². The third-order valence-corrected chi connectivity index (χ3v) is 5.66. The molecular formula is C26H25F2N3O2. The largest absolute Gasteiger partial charge is 0.496 e. The van der Waals surface area contributed by atoms with E-state index in [0.717, 1.165) is 18.1 Å². The fourth-order valence-corrected chi connectivity index (χ4v) is 3.82. The normalized spacial score (nSPS) is 16.0. The maximum atomic E-state index is 13.6. The Kier molecular flexibility index (Phi) is 6.14.